The van der Waals surface area contributed by atoms with Crippen LogP contribution in [0.1, 0.15) is 48.1 Å². The first-order chi connectivity index (χ1) is 13.9. The quantitative estimate of drug-likeness (QED) is 0.659. The molecular weight excluding hydrogens is 410 g/mol. The number of rotatable bonds is 4. The Morgan fingerprint density at radius 2 is 1.93 bits per heavy atom. The number of nitrogens with one attached hydrogen (secondary N) is 2. The van der Waals surface area contributed by atoms with Gasteiger partial charge in [0.1, 0.15) is 5.60 Å². The van der Waals surface area contributed by atoms with Crippen molar-refractivity contribution in [3.63, 3.8) is 0 Å². The highest BCUT2D eigenvalue weighted by Crippen LogP contribution is 2.22. The minimum Gasteiger partial charge on any atom is -0.444 e. The molecule has 4 N–H and O–H groups in total. The number of aromatic nitrogens is 2. The van der Waals surface area contributed by atoms with E-state index in [-0.39, 0.29) is 23.7 Å². The fourth-order valence-corrected chi connectivity index (χ4v) is 3.54. The monoisotopic (exact) mass is 435 g/mol. The Hall–Kier alpha value is -2.92. The van der Waals surface area contributed by atoms with E-state index in [1.54, 1.807) is 37.8 Å². The fourth-order valence-electron chi connectivity index (χ4n) is 3.03. The van der Waals surface area contributed by atoms with Gasteiger partial charge in [0.2, 0.25) is 10.0 Å². The third-order valence-electron chi connectivity index (χ3n) is 4.51. The maximum absolute atomic E-state index is 12.6. The lowest BCUT2D eigenvalue weighted by Crippen LogP contribution is -2.40. The number of amides is 2. The molecule has 0 spiro atoms. The summed E-state index contributed by atoms with van der Waals surface area (Å²) in [6.07, 6.45) is 0.111. The van der Waals surface area contributed by atoms with Crippen LogP contribution in [0.5, 0.6) is 0 Å². The molecule has 1 aromatic heterocycles. The molecule has 0 radical (unpaired) electrons. The molecule has 2 amide bonds. The van der Waals surface area contributed by atoms with Crippen molar-refractivity contribution < 1.29 is 22.7 Å². The molecule has 0 aliphatic carbocycles. The highest BCUT2D eigenvalue weighted by atomic mass is 32.2. The number of sulfonamides is 1. The normalized spacial score (nSPS) is 14.2. The first kappa shape index (κ1) is 21.8. The maximum Gasteiger partial charge on any atom is 0.410 e. The van der Waals surface area contributed by atoms with Crippen molar-refractivity contribution >= 4 is 22.0 Å². The highest BCUT2D eigenvalue weighted by Gasteiger charge is 2.30. The molecule has 10 nitrogen and oxygen atoms in total. The number of ether oxygens (including phenoxy) is 1. The van der Waals surface area contributed by atoms with Crippen LogP contribution in [0.15, 0.2) is 29.2 Å². The number of nitrogens with two attached hydrogens (primary N) is 1. The smallest absolute Gasteiger partial charge is 0.410 e. The molecule has 2 aromatic rings. The standard InChI is InChI=1S/C19H25N5O5S/c1-19(2,3)29-18(26)24-9-8-15-14(11-24)16(23-22-15)17(25)21-10-12-4-6-13(7-5-12)30(20,27)28/h4-7H,8-11H2,1-3H3,(H,21,25)(H,22,23)(H2,20,27,28). The summed E-state index contributed by atoms with van der Waals surface area (Å²) in [6.45, 7) is 6.28. The summed E-state index contributed by atoms with van der Waals surface area (Å²) in [5.74, 6) is -0.394. The van der Waals surface area contributed by atoms with E-state index >= 15 is 0 Å². The van der Waals surface area contributed by atoms with Gasteiger partial charge in [0.15, 0.2) is 5.69 Å². The molecule has 1 aliphatic heterocycles. The van der Waals surface area contributed by atoms with Gasteiger partial charge in [-0.15, -0.1) is 0 Å². The number of fused-ring (bicyclic) bond motifs is 1. The number of carbonyl (C=O) groups excluding carboxylic acids is 2. The minimum absolute atomic E-state index is 0.00109. The van der Waals surface area contributed by atoms with Crippen LogP contribution in [0.4, 0.5) is 4.79 Å². The number of hydrogen-bond donors (Lipinski definition) is 3. The second kappa shape index (κ2) is 8.07. The number of carbonyl (C=O) groups is 2. The number of primary sulfonamides is 1. The largest absolute Gasteiger partial charge is 0.444 e. The molecular formula is C19H25N5O5S. The molecule has 11 heteroatoms. The van der Waals surface area contributed by atoms with Gasteiger partial charge in [-0.2, -0.15) is 5.10 Å². The predicted molar refractivity (Wildman–Crippen MR) is 108 cm³/mol. The van der Waals surface area contributed by atoms with Crippen molar-refractivity contribution in [1.29, 1.82) is 0 Å². The van der Waals surface area contributed by atoms with E-state index in [0.29, 0.717) is 24.1 Å². The van der Waals surface area contributed by atoms with E-state index in [1.807, 2.05) is 0 Å². The van der Waals surface area contributed by atoms with Gasteiger partial charge in [0, 0.05) is 30.8 Å². The Balaban J connectivity index is 1.66. The molecule has 0 atom stereocenters. The van der Waals surface area contributed by atoms with Crippen molar-refractivity contribution in [1.82, 2.24) is 20.4 Å². The zero-order valence-electron chi connectivity index (χ0n) is 17.1. The summed E-state index contributed by atoms with van der Waals surface area (Å²) in [5.41, 5.74) is 1.80. The van der Waals surface area contributed by atoms with Crippen LogP contribution in [-0.2, 0) is 34.3 Å². The average molecular weight is 436 g/mol. The molecule has 2 heterocycles. The lowest BCUT2D eigenvalue weighted by molar-refractivity contribution is 0.0222. The molecule has 1 aliphatic rings. The summed E-state index contributed by atoms with van der Waals surface area (Å²) in [5, 5.41) is 14.8. The van der Waals surface area contributed by atoms with E-state index in [9.17, 15) is 18.0 Å². The zero-order valence-corrected chi connectivity index (χ0v) is 17.9. The van der Waals surface area contributed by atoms with Gasteiger partial charge in [0.05, 0.1) is 11.4 Å². The van der Waals surface area contributed by atoms with Crippen molar-refractivity contribution in [3.8, 4) is 0 Å². The van der Waals surface area contributed by atoms with Crippen LogP contribution < -0.4 is 10.5 Å². The van der Waals surface area contributed by atoms with Crippen molar-refractivity contribution in [2.75, 3.05) is 6.54 Å². The van der Waals surface area contributed by atoms with Gasteiger partial charge in [-0.3, -0.25) is 9.89 Å². The number of aromatic amines is 1. The van der Waals surface area contributed by atoms with E-state index in [4.69, 9.17) is 9.88 Å². The van der Waals surface area contributed by atoms with Gasteiger partial charge in [-0.05, 0) is 38.5 Å². The van der Waals surface area contributed by atoms with E-state index in [0.717, 1.165) is 5.69 Å². The summed E-state index contributed by atoms with van der Waals surface area (Å²) in [6, 6.07) is 5.91. The van der Waals surface area contributed by atoms with Gasteiger partial charge in [-0.25, -0.2) is 18.4 Å². The lowest BCUT2D eigenvalue weighted by atomic mass is 10.1. The molecule has 0 unspecified atom stereocenters. The van der Waals surface area contributed by atoms with Crippen molar-refractivity contribution in [2.24, 2.45) is 5.14 Å². The molecule has 0 saturated carbocycles. The van der Waals surface area contributed by atoms with Gasteiger partial charge in [0.25, 0.3) is 5.91 Å². The highest BCUT2D eigenvalue weighted by molar-refractivity contribution is 7.89. The first-order valence-electron chi connectivity index (χ1n) is 9.38. The number of H-pyrrole nitrogens is 1. The Morgan fingerprint density at radius 3 is 2.53 bits per heavy atom. The fraction of sp³-hybridized carbons (Fsp3) is 0.421. The topological polar surface area (TPSA) is 147 Å². The molecule has 162 valence electrons. The third-order valence-corrected chi connectivity index (χ3v) is 5.43. The summed E-state index contributed by atoms with van der Waals surface area (Å²) in [7, 11) is -3.76. The molecule has 30 heavy (non-hydrogen) atoms. The van der Waals surface area contributed by atoms with E-state index < -0.39 is 27.6 Å². The Kier molecular flexibility index (Phi) is 5.86. The number of benzene rings is 1. The Labute approximate surface area is 174 Å². The predicted octanol–water partition coefficient (Wildman–Crippen LogP) is 1.28. The SMILES string of the molecule is CC(C)(C)OC(=O)N1CCc2[nH]nc(C(=O)NCc3ccc(S(N)(=O)=O)cc3)c2C1. The first-order valence-corrected chi connectivity index (χ1v) is 10.9. The molecule has 0 saturated heterocycles. The zero-order chi connectivity index (χ0) is 22.1. The third kappa shape index (κ3) is 5.16. The minimum atomic E-state index is -3.76. The molecule has 3 rings (SSSR count). The average Bonchev–Trinajstić information content (AvgIpc) is 3.07. The van der Waals surface area contributed by atoms with Crippen LogP contribution in [0, 0.1) is 0 Å². The molecule has 0 bridgehead atoms. The van der Waals surface area contributed by atoms with Crippen LogP contribution in [0.3, 0.4) is 0 Å². The summed E-state index contributed by atoms with van der Waals surface area (Å²) >= 11 is 0. The van der Waals surface area contributed by atoms with Gasteiger partial charge in [-0.1, -0.05) is 12.1 Å². The van der Waals surface area contributed by atoms with Crippen LogP contribution in [-0.4, -0.2) is 47.7 Å². The second-order valence-electron chi connectivity index (χ2n) is 8.05. The van der Waals surface area contributed by atoms with Gasteiger partial charge < -0.3 is 15.0 Å². The van der Waals surface area contributed by atoms with Crippen molar-refractivity contribution in [2.45, 2.75) is 50.8 Å². The maximum atomic E-state index is 12.6. The summed E-state index contributed by atoms with van der Waals surface area (Å²) < 4.78 is 28.0. The van der Waals surface area contributed by atoms with E-state index in [1.165, 1.54) is 12.1 Å². The van der Waals surface area contributed by atoms with Crippen LogP contribution >= 0.6 is 0 Å². The Bertz CT molecular complexity index is 1050. The lowest BCUT2D eigenvalue weighted by Gasteiger charge is -2.30. The second-order valence-corrected chi connectivity index (χ2v) is 9.61. The summed E-state index contributed by atoms with van der Waals surface area (Å²) in [4.78, 5) is 26.5. The van der Waals surface area contributed by atoms with Gasteiger partial charge >= 0.3 is 6.09 Å². The molecule has 1 aromatic carbocycles. The van der Waals surface area contributed by atoms with Crippen LogP contribution in [0.2, 0.25) is 0 Å². The molecule has 0 fully saturated rings. The Morgan fingerprint density at radius 1 is 1.27 bits per heavy atom. The number of nitrogens with zero attached hydrogens (tertiary/aromatic N) is 2. The van der Waals surface area contributed by atoms with Crippen molar-refractivity contribution in [3.05, 3.63) is 46.8 Å². The van der Waals surface area contributed by atoms with Crippen LogP contribution in [0.25, 0.3) is 0 Å². The van der Waals surface area contributed by atoms with E-state index in [2.05, 4.69) is 15.5 Å². The number of hydrogen-bond acceptors (Lipinski definition) is 6.